The predicted molar refractivity (Wildman–Crippen MR) is 86.1 cm³/mol. The van der Waals surface area contributed by atoms with Crippen molar-refractivity contribution in [2.24, 2.45) is 0 Å². The summed E-state index contributed by atoms with van der Waals surface area (Å²) in [5.74, 6) is 0.485. The maximum absolute atomic E-state index is 4.84. The molecule has 0 aromatic carbocycles. The molecule has 0 aliphatic carbocycles. The molecule has 0 amide bonds. The van der Waals surface area contributed by atoms with Gasteiger partial charge >= 0.3 is 0 Å². The zero-order valence-electron chi connectivity index (χ0n) is 12.1. The molecular formula is C15H22N2S2. The van der Waals surface area contributed by atoms with E-state index in [0.717, 1.165) is 13.0 Å². The van der Waals surface area contributed by atoms with Crippen molar-refractivity contribution in [3.05, 3.63) is 28.1 Å². The second kappa shape index (κ2) is 6.64. The topological polar surface area (TPSA) is 24.9 Å². The van der Waals surface area contributed by atoms with Crippen LogP contribution in [0.2, 0.25) is 0 Å². The molecule has 0 aliphatic heterocycles. The lowest BCUT2D eigenvalue weighted by molar-refractivity contribution is 0.534. The standard InChI is InChI=1S/C15H22N2S2/c1-5-11(4)16-9-13-14(10(2)3)17-15(19-13)12-7-6-8-18-12/h6-8,10-11,16H,5,9H2,1-4H3. The summed E-state index contributed by atoms with van der Waals surface area (Å²) in [6.45, 7) is 9.83. The number of nitrogens with zero attached hydrogens (tertiary/aromatic N) is 1. The van der Waals surface area contributed by atoms with Crippen molar-refractivity contribution in [1.82, 2.24) is 10.3 Å². The number of rotatable bonds is 6. The fraction of sp³-hybridized carbons (Fsp3) is 0.533. The highest BCUT2D eigenvalue weighted by Crippen LogP contribution is 2.34. The van der Waals surface area contributed by atoms with E-state index in [9.17, 15) is 0 Å². The molecule has 19 heavy (non-hydrogen) atoms. The third-order valence-electron chi connectivity index (χ3n) is 3.23. The third-order valence-corrected chi connectivity index (χ3v) is 5.34. The average molecular weight is 294 g/mol. The van der Waals surface area contributed by atoms with Gasteiger partial charge in [-0.05, 0) is 30.7 Å². The SMILES string of the molecule is CCC(C)NCc1sc(-c2cccs2)nc1C(C)C. The van der Waals surface area contributed by atoms with E-state index < -0.39 is 0 Å². The fourth-order valence-electron chi connectivity index (χ4n) is 1.86. The first kappa shape index (κ1) is 14.7. The van der Waals surface area contributed by atoms with E-state index in [4.69, 9.17) is 4.98 Å². The van der Waals surface area contributed by atoms with Crippen LogP contribution >= 0.6 is 22.7 Å². The van der Waals surface area contributed by atoms with Gasteiger partial charge in [0, 0.05) is 17.5 Å². The Labute approximate surface area is 123 Å². The summed E-state index contributed by atoms with van der Waals surface area (Å²) < 4.78 is 0. The maximum Gasteiger partial charge on any atom is 0.133 e. The maximum atomic E-state index is 4.84. The van der Waals surface area contributed by atoms with Gasteiger partial charge < -0.3 is 5.32 Å². The van der Waals surface area contributed by atoms with Gasteiger partial charge in [0.05, 0.1) is 10.6 Å². The van der Waals surface area contributed by atoms with Crippen LogP contribution in [0.1, 0.15) is 50.6 Å². The van der Waals surface area contributed by atoms with Crippen LogP contribution in [0.5, 0.6) is 0 Å². The Morgan fingerprint density at radius 1 is 1.32 bits per heavy atom. The summed E-state index contributed by atoms with van der Waals surface area (Å²) in [5.41, 5.74) is 1.25. The Bertz CT molecular complexity index is 500. The lowest BCUT2D eigenvalue weighted by atomic mass is 10.1. The van der Waals surface area contributed by atoms with Crippen molar-refractivity contribution in [3.63, 3.8) is 0 Å². The molecule has 0 saturated heterocycles. The number of aromatic nitrogens is 1. The van der Waals surface area contributed by atoms with E-state index in [1.54, 1.807) is 11.3 Å². The first-order valence-corrected chi connectivity index (χ1v) is 8.58. The van der Waals surface area contributed by atoms with Gasteiger partial charge in [-0.1, -0.05) is 26.8 Å². The zero-order valence-corrected chi connectivity index (χ0v) is 13.7. The van der Waals surface area contributed by atoms with E-state index >= 15 is 0 Å². The second-order valence-corrected chi connectivity index (χ2v) is 7.18. The molecular weight excluding hydrogens is 272 g/mol. The highest BCUT2D eigenvalue weighted by atomic mass is 32.1. The van der Waals surface area contributed by atoms with Crippen molar-refractivity contribution in [1.29, 1.82) is 0 Å². The minimum Gasteiger partial charge on any atom is -0.309 e. The van der Waals surface area contributed by atoms with Crippen LogP contribution < -0.4 is 5.32 Å². The van der Waals surface area contributed by atoms with Crippen LogP contribution in [0.15, 0.2) is 17.5 Å². The van der Waals surface area contributed by atoms with Gasteiger partial charge in [-0.3, -0.25) is 0 Å². The molecule has 2 rings (SSSR count). The van der Waals surface area contributed by atoms with Crippen molar-refractivity contribution in [2.75, 3.05) is 0 Å². The highest BCUT2D eigenvalue weighted by Gasteiger charge is 2.16. The van der Waals surface area contributed by atoms with Gasteiger partial charge in [0.25, 0.3) is 0 Å². The summed E-state index contributed by atoms with van der Waals surface area (Å²) in [4.78, 5) is 7.51. The molecule has 0 saturated carbocycles. The van der Waals surface area contributed by atoms with Gasteiger partial charge in [-0.25, -0.2) is 4.98 Å². The molecule has 2 heterocycles. The van der Waals surface area contributed by atoms with E-state index in [1.807, 2.05) is 11.3 Å². The molecule has 2 nitrogen and oxygen atoms in total. The molecule has 0 fully saturated rings. The number of hydrogen-bond acceptors (Lipinski definition) is 4. The number of nitrogens with one attached hydrogen (secondary N) is 1. The average Bonchev–Trinajstić information content (AvgIpc) is 3.03. The van der Waals surface area contributed by atoms with Crippen LogP contribution in [0.4, 0.5) is 0 Å². The zero-order chi connectivity index (χ0) is 13.8. The second-order valence-electron chi connectivity index (χ2n) is 5.15. The van der Waals surface area contributed by atoms with Crippen LogP contribution in [-0.2, 0) is 6.54 Å². The minimum absolute atomic E-state index is 0.485. The smallest absolute Gasteiger partial charge is 0.133 e. The summed E-state index contributed by atoms with van der Waals surface area (Å²) in [6.07, 6.45) is 1.16. The van der Waals surface area contributed by atoms with Gasteiger partial charge in [0.1, 0.15) is 5.01 Å². The fourth-order valence-corrected chi connectivity index (χ4v) is 3.82. The van der Waals surface area contributed by atoms with E-state index in [2.05, 4.69) is 50.5 Å². The first-order valence-electron chi connectivity index (χ1n) is 6.88. The monoisotopic (exact) mass is 294 g/mol. The van der Waals surface area contributed by atoms with Crippen molar-refractivity contribution < 1.29 is 0 Å². The van der Waals surface area contributed by atoms with Crippen LogP contribution in [0.25, 0.3) is 9.88 Å². The molecule has 0 bridgehead atoms. The number of thiophene rings is 1. The Morgan fingerprint density at radius 2 is 2.11 bits per heavy atom. The Hall–Kier alpha value is -0.710. The van der Waals surface area contributed by atoms with E-state index in [-0.39, 0.29) is 0 Å². The molecule has 1 atom stereocenters. The molecule has 4 heteroatoms. The van der Waals surface area contributed by atoms with Crippen molar-refractivity contribution in [3.8, 4) is 9.88 Å². The van der Waals surface area contributed by atoms with Crippen LogP contribution in [-0.4, -0.2) is 11.0 Å². The molecule has 104 valence electrons. The molecule has 0 aliphatic rings. The summed E-state index contributed by atoms with van der Waals surface area (Å²) in [5, 5.41) is 6.86. The van der Waals surface area contributed by atoms with Gasteiger partial charge in [0.2, 0.25) is 0 Å². The largest absolute Gasteiger partial charge is 0.309 e. The lowest BCUT2D eigenvalue weighted by Gasteiger charge is -2.11. The third kappa shape index (κ3) is 3.65. The molecule has 0 radical (unpaired) electrons. The molecule has 1 N–H and O–H groups in total. The van der Waals surface area contributed by atoms with E-state index in [1.165, 1.54) is 20.5 Å². The van der Waals surface area contributed by atoms with Gasteiger partial charge in [-0.15, -0.1) is 22.7 Å². The Kier molecular flexibility index (Phi) is 5.13. The first-order chi connectivity index (χ1) is 9.11. The van der Waals surface area contributed by atoms with Gasteiger partial charge in [-0.2, -0.15) is 0 Å². The van der Waals surface area contributed by atoms with Crippen LogP contribution in [0.3, 0.4) is 0 Å². The highest BCUT2D eigenvalue weighted by molar-refractivity contribution is 7.21. The number of thiazole rings is 1. The Balaban J connectivity index is 2.21. The van der Waals surface area contributed by atoms with Crippen LogP contribution in [0, 0.1) is 0 Å². The molecule has 0 spiro atoms. The summed E-state index contributed by atoms with van der Waals surface area (Å²) in [6, 6.07) is 4.81. The van der Waals surface area contributed by atoms with Gasteiger partial charge in [0.15, 0.2) is 0 Å². The molecule has 2 aromatic rings. The molecule has 1 unspecified atom stereocenters. The number of hydrogen-bond donors (Lipinski definition) is 1. The van der Waals surface area contributed by atoms with E-state index in [0.29, 0.717) is 12.0 Å². The van der Waals surface area contributed by atoms with Crippen molar-refractivity contribution >= 4 is 22.7 Å². The Morgan fingerprint density at radius 3 is 2.68 bits per heavy atom. The summed E-state index contributed by atoms with van der Waals surface area (Å²) in [7, 11) is 0. The predicted octanol–water partition coefficient (Wildman–Crippen LogP) is 4.88. The quantitative estimate of drug-likeness (QED) is 0.821. The molecule has 2 aromatic heterocycles. The minimum atomic E-state index is 0.485. The van der Waals surface area contributed by atoms with Crippen molar-refractivity contribution in [2.45, 2.75) is 52.6 Å². The normalized spacial score (nSPS) is 13.1. The summed E-state index contributed by atoms with van der Waals surface area (Å²) >= 11 is 3.60. The lowest BCUT2D eigenvalue weighted by Crippen LogP contribution is -2.24.